The highest BCUT2D eigenvalue weighted by Gasteiger charge is 2.43. The third-order valence-corrected chi connectivity index (χ3v) is 8.12. The Hall–Kier alpha value is -4.31. The third-order valence-electron chi connectivity index (χ3n) is 8.12. The molecule has 4 aromatic carbocycles. The van der Waals surface area contributed by atoms with Gasteiger partial charge in [0, 0.05) is 39.4 Å². The van der Waals surface area contributed by atoms with Crippen molar-refractivity contribution in [1.82, 2.24) is 0 Å². The highest BCUT2D eigenvalue weighted by atomic mass is 16.6. The maximum Gasteiger partial charge on any atom is 0.190 e. The van der Waals surface area contributed by atoms with E-state index in [1.807, 2.05) is 78.9 Å². The Morgan fingerprint density at radius 3 is 2.07 bits per heavy atom. The van der Waals surface area contributed by atoms with E-state index < -0.39 is 37.1 Å². The fourth-order valence-electron chi connectivity index (χ4n) is 6.06. The van der Waals surface area contributed by atoms with E-state index in [4.69, 9.17) is 13.9 Å². The summed E-state index contributed by atoms with van der Waals surface area (Å²) in [6, 6.07) is 28.5. The van der Waals surface area contributed by atoms with Gasteiger partial charge in [-0.3, -0.25) is 4.79 Å². The first kappa shape index (κ1) is 26.6. The van der Waals surface area contributed by atoms with Gasteiger partial charge in [-0.05, 0) is 16.3 Å². The molecular weight excluding hydrogens is 536 g/mol. The van der Waals surface area contributed by atoms with Gasteiger partial charge in [0.2, 0.25) is 0 Å². The number of benzene rings is 5. The summed E-state index contributed by atoms with van der Waals surface area (Å²) in [5, 5.41) is 44.4. The second-order valence-corrected chi connectivity index (χ2v) is 10.6. The molecule has 0 bridgehead atoms. The zero-order chi connectivity index (χ0) is 29.0. The van der Waals surface area contributed by atoms with Crippen LogP contribution in [0.2, 0.25) is 0 Å². The zero-order valence-corrected chi connectivity index (χ0v) is 22.4. The van der Waals surface area contributed by atoms with Gasteiger partial charge in [-0.1, -0.05) is 78.9 Å². The summed E-state index contributed by atoms with van der Waals surface area (Å²) in [7, 11) is 0. The van der Waals surface area contributed by atoms with E-state index in [0.29, 0.717) is 22.5 Å². The van der Waals surface area contributed by atoms with Gasteiger partial charge >= 0.3 is 0 Å². The quantitative estimate of drug-likeness (QED) is 0.182. The van der Waals surface area contributed by atoms with Crippen LogP contribution in [-0.4, -0.2) is 64.2 Å². The molecule has 2 aliphatic heterocycles. The first-order chi connectivity index (χ1) is 20.5. The predicted molar refractivity (Wildman–Crippen MR) is 159 cm³/mol. The molecule has 5 atom stereocenters. The fraction of sp³-hybridized carbons (Fsp3) is 0.206. The van der Waals surface area contributed by atoms with Gasteiger partial charge in [0.05, 0.1) is 6.61 Å². The van der Waals surface area contributed by atoms with Crippen molar-refractivity contribution in [1.29, 1.82) is 0 Å². The molecule has 4 N–H and O–H groups in total. The molecule has 3 aliphatic rings. The molecule has 0 spiro atoms. The second-order valence-electron chi connectivity index (χ2n) is 10.6. The highest BCUT2D eigenvalue weighted by molar-refractivity contribution is 6.20. The van der Waals surface area contributed by atoms with E-state index in [0.717, 1.165) is 38.2 Å². The van der Waals surface area contributed by atoms with Crippen LogP contribution < -0.4 is 10.2 Å². The molecule has 1 saturated heterocycles. The molecule has 2 heterocycles. The lowest BCUT2D eigenvalue weighted by atomic mass is 9.88. The molecule has 1 aliphatic carbocycles. The van der Waals surface area contributed by atoms with Crippen molar-refractivity contribution in [3.63, 3.8) is 0 Å². The van der Waals surface area contributed by atoms with Gasteiger partial charge in [-0.15, -0.1) is 0 Å². The van der Waals surface area contributed by atoms with Crippen LogP contribution in [-0.2, 0) is 4.74 Å². The van der Waals surface area contributed by atoms with Crippen LogP contribution in [0.15, 0.2) is 100 Å². The Bertz CT molecular complexity index is 1950. The number of hydrogen-bond donors (Lipinski definition) is 4. The van der Waals surface area contributed by atoms with E-state index in [-0.39, 0.29) is 12.0 Å². The van der Waals surface area contributed by atoms with Crippen molar-refractivity contribution in [3.05, 3.63) is 101 Å². The van der Waals surface area contributed by atoms with Crippen LogP contribution in [0.5, 0.6) is 5.75 Å². The lowest BCUT2D eigenvalue weighted by Gasteiger charge is -2.39. The molecule has 0 amide bonds. The smallest absolute Gasteiger partial charge is 0.190 e. The summed E-state index contributed by atoms with van der Waals surface area (Å²) in [5.74, 6) is 0.889. The van der Waals surface area contributed by atoms with Gasteiger partial charge in [0.1, 0.15) is 54.2 Å². The van der Waals surface area contributed by atoms with Gasteiger partial charge in [-0.25, -0.2) is 0 Å². The Kier molecular flexibility index (Phi) is 6.65. The van der Waals surface area contributed by atoms with Crippen LogP contribution in [0.4, 0.5) is 0 Å². The van der Waals surface area contributed by atoms with Crippen molar-refractivity contribution in [3.8, 4) is 28.2 Å². The lowest BCUT2D eigenvalue weighted by molar-refractivity contribution is -0.234. The number of fused-ring (bicyclic) bond motifs is 6. The highest BCUT2D eigenvalue weighted by Crippen LogP contribution is 2.47. The Balaban J connectivity index is 1.46. The molecule has 212 valence electrons. The van der Waals surface area contributed by atoms with Crippen LogP contribution >= 0.6 is 0 Å². The lowest BCUT2D eigenvalue weighted by Crippen LogP contribution is -2.59. The fourth-order valence-corrected chi connectivity index (χ4v) is 6.06. The molecule has 7 rings (SSSR count). The number of rotatable bonds is 5. The normalized spacial score (nSPS) is 22.7. The summed E-state index contributed by atoms with van der Waals surface area (Å²) in [5.41, 5.74) is 3.09. The zero-order valence-electron chi connectivity index (χ0n) is 22.4. The molecule has 0 aromatic heterocycles. The monoisotopic (exact) mass is 564 g/mol. The summed E-state index contributed by atoms with van der Waals surface area (Å²) < 4.78 is 18.3. The maximum atomic E-state index is 13.1. The molecule has 42 heavy (non-hydrogen) atoms. The van der Waals surface area contributed by atoms with Gasteiger partial charge < -0.3 is 34.3 Å². The SMILES string of the molecule is O=c1cc2oc3cc(OC[C@@H]4OC(CO)[C@H](O)[C@H](O)C4O)c4ccccc4c3c(-c3ccccc3)c-2c2ccccc12. The molecule has 1 fully saturated rings. The van der Waals surface area contributed by atoms with Crippen molar-refractivity contribution in [2.24, 2.45) is 0 Å². The van der Waals surface area contributed by atoms with E-state index in [2.05, 4.69) is 0 Å². The van der Waals surface area contributed by atoms with Crippen molar-refractivity contribution < 1.29 is 34.3 Å². The van der Waals surface area contributed by atoms with Crippen LogP contribution in [0.1, 0.15) is 0 Å². The van der Waals surface area contributed by atoms with Crippen molar-refractivity contribution in [2.75, 3.05) is 13.2 Å². The molecule has 0 radical (unpaired) electrons. The van der Waals surface area contributed by atoms with Crippen LogP contribution in [0.25, 0.3) is 55.0 Å². The Morgan fingerprint density at radius 2 is 1.33 bits per heavy atom. The molecule has 0 saturated carbocycles. The molecule has 8 heteroatoms. The van der Waals surface area contributed by atoms with E-state index in [1.165, 1.54) is 6.07 Å². The Morgan fingerprint density at radius 1 is 0.690 bits per heavy atom. The molecule has 2 unspecified atom stereocenters. The van der Waals surface area contributed by atoms with Crippen molar-refractivity contribution in [2.45, 2.75) is 30.5 Å². The topological polar surface area (TPSA) is 130 Å². The standard InChI is InChI=1S/C34H28O8/c35-16-27-32(37)34(39)33(38)28(42-27)17-40-24-15-26-31(22-13-7-5-11-20(22)24)29(18-8-2-1-3-9-18)30-21-12-6-4-10-19(21)23(36)14-25(30)41-26/h1-15,27-28,32-35,37-39H,16-17H2/t27?,28-,32-,33?,34-/m0/s1. The van der Waals surface area contributed by atoms with Gasteiger partial charge in [0.25, 0.3) is 0 Å². The molecule has 4 aromatic rings. The minimum atomic E-state index is -1.50. The molecule has 8 nitrogen and oxygen atoms in total. The van der Waals surface area contributed by atoms with E-state index in [9.17, 15) is 25.2 Å². The summed E-state index contributed by atoms with van der Waals surface area (Å²) in [4.78, 5) is 13.1. The van der Waals surface area contributed by atoms with Gasteiger partial charge in [-0.2, -0.15) is 0 Å². The maximum absolute atomic E-state index is 13.1. The summed E-state index contributed by atoms with van der Waals surface area (Å²) in [6.07, 6.45) is -6.40. The largest absolute Gasteiger partial charge is 0.490 e. The second kappa shape index (κ2) is 10.5. The summed E-state index contributed by atoms with van der Waals surface area (Å²) >= 11 is 0. The number of aliphatic hydroxyl groups is 4. The number of aliphatic hydroxyl groups excluding tert-OH is 4. The van der Waals surface area contributed by atoms with E-state index in [1.54, 1.807) is 6.07 Å². The minimum absolute atomic E-state index is 0.139. The number of ether oxygens (including phenoxy) is 2. The molecular formula is C34H28O8. The van der Waals surface area contributed by atoms with Gasteiger partial charge in [0.15, 0.2) is 5.43 Å². The van der Waals surface area contributed by atoms with E-state index >= 15 is 0 Å². The van der Waals surface area contributed by atoms with Crippen LogP contribution in [0, 0.1) is 0 Å². The van der Waals surface area contributed by atoms with Crippen LogP contribution in [0.3, 0.4) is 0 Å². The van der Waals surface area contributed by atoms with Crippen molar-refractivity contribution >= 4 is 32.5 Å². The first-order valence-corrected chi connectivity index (χ1v) is 13.8. The third kappa shape index (κ3) is 4.24. The average Bonchev–Trinajstić information content (AvgIpc) is 3.03. The minimum Gasteiger partial charge on any atom is -0.490 e. The first-order valence-electron chi connectivity index (χ1n) is 13.8. The predicted octanol–water partition coefficient (Wildman–Crippen LogP) is 4.09. The number of hydrogen-bond acceptors (Lipinski definition) is 8. The Labute approximate surface area is 239 Å². The average molecular weight is 565 g/mol. The summed E-state index contributed by atoms with van der Waals surface area (Å²) in [6.45, 7) is -0.684.